The van der Waals surface area contributed by atoms with Crippen molar-refractivity contribution in [2.24, 2.45) is 0 Å². The molecule has 0 bridgehead atoms. The van der Waals surface area contributed by atoms with E-state index in [2.05, 4.69) is 71.8 Å². The lowest BCUT2D eigenvalue weighted by Gasteiger charge is -2.03. The van der Waals surface area contributed by atoms with E-state index in [9.17, 15) is 0 Å². The fraction of sp³-hybridized carbons (Fsp3) is 0.385. The van der Waals surface area contributed by atoms with E-state index in [1.54, 1.807) is 0 Å². The Morgan fingerprint density at radius 2 is 1.94 bits per heavy atom. The van der Waals surface area contributed by atoms with Gasteiger partial charge in [-0.15, -0.1) is 0 Å². The molecule has 0 amide bonds. The minimum Gasteiger partial charge on any atom is -0.421 e. The van der Waals surface area contributed by atoms with Crippen molar-refractivity contribution in [1.29, 1.82) is 0 Å². The van der Waals surface area contributed by atoms with Gasteiger partial charge in [0.1, 0.15) is 0 Å². The van der Waals surface area contributed by atoms with Crippen LogP contribution in [0.5, 0.6) is 0 Å². The molecular formula is C13H17IOSi. The van der Waals surface area contributed by atoms with Gasteiger partial charge in [0, 0.05) is 22.2 Å². The van der Waals surface area contributed by atoms with Crippen LogP contribution in [-0.4, -0.2) is 15.6 Å². The van der Waals surface area contributed by atoms with Crippen molar-refractivity contribution >= 4 is 31.6 Å². The maximum absolute atomic E-state index is 5.58. The molecule has 0 aliphatic heterocycles. The molecule has 0 N–H and O–H groups in total. The summed E-state index contributed by atoms with van der Waals surface area (Å²) in [7, 11) is -0.836. The zero-order valence-electron chi connectivity index (χ0n) is 9.79. The summed E-state index contributed by atoms with van der Waals surface area (Å²) in [6.45, 7) is 5.25. The summed E-state index contributed by atoms with van der Waals surface area (Å²) in [5.41, 5.74) is 1.10. The van der Waals surface area contributed by atoms with E-state index in [-0.39, 0.29) is 0 Å². The van der Waals surface area contributed by atoms with Gasteiger partial charge in [0.2, 0.25) is 0 Å². The summed E-state index contributed by atoms with van der Waals surface area (Å²) in [5.74, 6) is 6.34. The van der Waals surface area contributed by atoms with E-state index >= 15 is 0 Å². The van der Waals surface area contributed by atoms with Crippen molar-refractivity contribution in [3.63, 3.8) is 0 Å². The van der Waals surface area contributed by atoms with E-state index in [1.807, 2.05) is 0 Å². The van der Waals surface area contributed by atoms with Crippen LogP contribution in [0, 0.1) is 15.4 Å². The number of hydrogen-bond acceptors (Lipinski definition) is 1. The van der Waals surface area contributed by atoms with Crippen LogP contribution >= 0.6 is 22.6 Å². The van der Waals surface area contributed by atoms with E-state index in [4.69, 9.17) is 4.43 Å². The molecule has 16 heavy (non-hydrogen) atoms. The monoisotopic (exact) mass is 344 g/mol. The van der Waals surface area contributed by atoms with Gasteiger partial charge in [0.25, 0.3) is 0 Å². The van der Waals surface area contributed by atoms with Crippen LogP contribution in [0.15, 0.2) is 24.3 Å². The number of hydrogen-bond donors (Lipinski definition) is 0. The average molecular weight is 344 g/mol. The lowest BCUT2D eigenvalue weighted by molar-refractivity contribution is 0.321. The van der Waals surface area contributed by atoms with Crippen molar-refractivity contribution in [3.8, 4) is 11.8 Å². The van der Waals surface area contributed by atoms with Gasteiger partial charge in [0.15, 0.2) is 9.04 Å². The molecule has 0 saturated carbocycles. The first-order valence-electron chi connectivity index (χ1n) is 5.54. The van der Waals surface area contributed by atoms with Crippen LogP contribution in [-0.2, 0) is 4.43 Å². The standard InChI is InChI=1S/C13H17IOSi/c1-16(2)15-11-5-3-4-6-12-7-9-13(14)10-8-12/h7-10,16H,3,5,11H2,1-2H3. The van der Waals surface area contributed by atoms with Crippen molar-refractivity contribution < 1.29 is 4.43 Å². The van der Waals surface area contributed by atoms with Crippen molar-refractivity contribution in [2.75, 3.05) is 6.61 Å². The molecule has 0 aromatic heterocycles. The number of halogens is 1. The van der Waals surface area contributed by atoms with Crippen LogP contribution < -0.4 is 0 Å². The zero-order valence-corrected chi connectivity index (χ0v) is 13.1. The molecule has 0 atom stereocenters. The largest absolute Gasteiger partial charge is 0.421 e. The molecule has 1 aromatic rings. The fourth-order valence-corrected chi connectivity index (χ4v) is 2.18. The van der Waals surface area contributed by atoms with Crippen LogP contribution in [0.25, 0.3) is 0 Å². The average Bonchev–Trinajstić information content (AvgIpc) is 2.25. The third kappa shape index (κ3) is 6.31. The Balaban J connectivity index is 2.25. The minimum atomic E-state index is -0.836. The lowest BCUT2D eigenvalue weighted by Crippen LogP contribution is -2.08. The number of benzene rings is 1. The van der Waals surface area contributed by atoms with Crippen LogP contribution in [0.2, 0.25) is 13.1 Å². The Hall–Kier alpha value is -0.313. The second-order valence-electron chi connectivity index (χ2n) is 3.83. The molecule has 1 nitrogen and oxygen atoms in total. The predicted molar refractivity (Wildman–Crippen MR) is 80.1 cm³/mol. The Morgan fingerprint density at radius 1 is 1.25 bits per heavy atom. The predicted octanol–water partition coefficient (Wildman–Crippen LogP) is 3.42. The van der Waals surface area contributed by atoms with E-state index in [0.717, 1.165) is 25.0 Å². The normalized spacial score (nSPS) is 10.0. The van der Waals surface area contributed by atoms with Crippen molar-refractivity contribution in [3.05, 3.63) is 33.4 Å². The molecule has 0 fully saturated rings. The molecule has 3 heteroatoms. The molecule has 86 valence electrons. The van der Waals surface area contributed by atoms with Gasteiger partial charge >= 0.3 is 0 Å². The van der Waals surface area contributed by atoms with Crippen molar-refractivity contribution in [1.82, 2.24) is 0 Å². The summed E-state index contributed by atoms with van der Waals surface area (Å²) in [6, 6.07) is 8.29. The van der Waals surface area contributed by atoms with Gasteiger partial charge in [-0.05, 0) is 66.4 Å². The van der Waals surface area contributed by atoms with Crippen molar-refractivity contribution in [2.45, 2.75) is 25.9 Å². The highest BCUT2D eigenvalue weighted by Gasteiger charge is 1.93. The second kappa shape index (κ2) is 7.88. The first-order chi connectivity index (χ1) is 7.68. The van der Waals surface area contributed by atoms with E-state index in [0.29, 0.717) is 0 Å². The quantitative estimate of drug-likeness (QED) is 0.352. The molecule has 0 aliphatic carbocycles. The van der Waals surface area contributed by atoms with Crippen LogP contribution in [0.1, 0.15) is 18.4 Å². The van der Waals surface area contributed by atoms with Gasteiger partial charge in [-0.1, -0.05) is 11.8 Å². The van der Waals surface area contributed by atoms with Gasteiger partial charge in [0.05, 0.1) is 0 Å². The molecule has 0 saturated heterocycles. The molecule has 0 radical (unpaired) electrons. The van der Waals surface area contributed by atoms with E-state index in [1.165, 1.54) is 3.57 Å². The molecule has 0 spiro atoms. The third-order valence-corrected chi connectivity index (χ3v) is 3.60. The minimum absolute atomic E-state index is 0.836. The maximum Gasteiger partial charge on any atom is 0.170 e. The second-order valence-corrected chi connectivity index (χ2v) is 7.51. The van der Waals surface area contributed by atoms with Crippen LogP contribution in [0.3, 0.4) is 0 Å². The van der Waals surface area contributed by atoms with Gasteiger partial charge in [-0.3, -0.25) is 0 Å². The first kappa shape index (κ1) is 13.8. The van der Waals surface area contributed by atoms with Crippen LogP contribution in [0.4, 0.5) is 0 Å². The fourth-order valence-electron chi connectivity index (χ4n) is 1.18. The Bertz CT molecular complexity index is 362. The van der Waals surface area contributed by atoms with Gasteiger partial charge in [-0.25, -0.2) is 0 Å². The Kier molecular flexibility index (Phi) is 6.77. The highest BCUT2D eigenvalue weighted by atomic mass is 127. The highest BCUT2D eigenvalue weighted by Crippen LogP contribution is 2.05. The maximum atomic E-state index is 5.58. The summed E-state index contributed by atoms with van der Waals surface area (Å²) >= 11 is 2.30. The SMILES string of the molecule is C[SiH](C)OCCCC#Cc1ccc(I)cc1. The molecule has 0 unspecified atom stereocenters. The summed E-state index contributed by atoms with van der Waals surface area (Å²) in [6.07, 6.45) is 1.97. The topological polar surface area (TPSA) is 9.23 Å². The Labute approximate surface area is 113 Å². The van der Waals surface area contributed by atoms with Gasteiger partial charge in [-0.2, -0.15) is 0 Å². The smallest absolute Gasteiger partial charge is 0.170 e. The molecule has 0 heterocycles. The van der Waals surface area contributed by atoms with E-state index < -0.39 is 9.04 Å². The molecule has 1 aromatic carbocycles. The zero-order chi connectivity index (χ0) is 11.8. The summed E-state index contributed by atoms with van der Waals surface area (Å²) < 4.78 is 6.83. The third-order valence-electron chi connectivity index (χ3n) is 1.97. The first-order valence-corrected chi connectivity index (χ1v) is 9.40. The highest BCUT2D eigenvalue weighted by molar-refractivity contribution is 14.1. The lowest BCUT2D eigenvalue weighted by atomic mass is 10.2. The number of rotatable bonds is 4. The summed E-state index contributed by atoms with van der Waals surface area (Å²) in [4.78, 5) is 0. The van der Waals surface area contributed by atoms with Gasteiger partial charge < -0.3 is 4.43 Å². The molecule has 0 aliphatic rings. The molecular weight excluding hydrogens is 327 g/mol. The Morgan fingerprint density at radius 3 is 2.56 bits per heavy atom. The molecule has 1 rings (SSSR count). The number of unbranched alkanes of at least 4 members (excludes halogenated alkanes) is 1. The summed E-state index contributed by atoms with van der Waals surface area (Å²) in [5, 5.41) is 0.